The van der Waals surface area contributed by atoms with E-state index in [0.717, 1.165) is 16.1 Å². The van der Waals surface area contributed by atoms with Crippen LogP contribution in [-0.2, 0) is 25.7 Å². The van der Waals surface area contributed by atoms with Crippen LogP contribution in [0, 0.1) is 0 Å². The van der Waals surface area contributed by atoms with Crippen molar-refractivity contribution >= 4 is 11.3 Å². The minimum Gasteiger partial charge on any atom is -0.303 e. The number of nitrogens with one attached hydrogen (secondary N) is 2. The molecule has 0 spiro atoms. The number of thiophene rings is 1. The Morgan fingerprint density at radius 2 is 2.19 bits per heavy atom. The molecule has 2 N–H and O–H groups in total. The van der Waals surface area contributed by atoms with Crippen molar-refractivity contribution in [2.24, 2.45) is 0 Å². The van der Waals surface area contributed by atoms with Crippen LogP contribution in [-0.4, -0.2) is 31.6 Å². The van der Waals surface area contributed by atoms with Crippen molar-refractivity contribution in [3.8, 4) is 10.6 Å². The van der Waals surface area contributed by atoms with Crippen LogP contribution in [0.15, 0.2) is 28.5 Å². The van der Waals surface area contributed by atoms with Gasteiger partial charge in [-0.15, -0.1) is 11.3 Å². The Morgan fingerprint density at radius 3 is 2.92 bits per heavy atom. The fraction of sp³-hybridized carbons (Fsp3) is 0.312. The Kier molecular flexibility index (Phi) is 4.16. The van der Waals surface area contributed by atoms with Gasteiger partial charge >= 0.3 is 6.18 Å². The quantitative estimate of drug-likeness (QED) is 0.731. The topological polar surface area (TPSA) is 77.7 Å². The molecule has 26 heavy (non-hydrogen) atoms. The van der Waals surface area contributed by atoms with Crippen LogP contribution >= 0.6 is 11.3 Å². The van der Waals surface area contributed by atoms with E-state index in [2.05, 4.69) is 15.2 Å². The molecular formula is C16H14F3N5OS. The van der Waals surface area contributed by atoms with Gasteiger partial charge in [-0.2, -0.15) is 18.3 Å². The second kappa shape index (κ2) is 6.36. The minimum absolute atomic E-state index is 0.225. The number of alkyl halides is 3. The summed E-state index contributed by atoms with van der Waals surface area (Å²) in [5.74, 6) is -1.23. The number of hydrogen-bond donors (Lipinski definition) is 2. The van der Waals surface area contributed by atoms with E-state index in [1.165, 1.54) is 0 Å². The summed E-state index contributed by atoms with van der Waals surface area (Å²) in [5, 5.41) is 9.05. The van der Waals surface area contributed by atoms with E-state index in [0.29, 0.717) is 25.1 Å². The first-order valence-electron chi connectivity index (χ1n) is 7.89. The molecule has 0 unspecified atom stereocenters. The molecule has 6 nitrogen and oxygen atoms in total. The van der Waals surface area contributed by atoms with Crippen molar-refractivity contribution < 1.29 is 13.2 Å². The van der Waals surface area contributed by atoms with E-state index in [1.807, 2.05) is 27.4 Å². The number of rotatable bonds is 3. The molecule has 0 aromatic carbocycles. The van der Waals surface area contributed by atoms with Crippen molar-refractivity contribution in [2.75, 3.05) is 6.54 Å². The van der Waals surface area contributed by atoms with Crippen molar-refractivity contribution in [3.05, 3.63) is 56.7 Å². The number of fused-ring (bicyclic) bond motifs is 1. The Morgan fingerprint density at radius 1 is 1.35 bits per heavy atom. The van der Waals surface area contributed by atoms with Crippen LogP contribution in [0.5, 0.6) is 0 Å². The molecule has 0 saturated carbocycles. The van der Waals surface area contributed by atoms with Crippen LogP contribution < -0.4 is 5.56 Å². The molecule has 0 bridgehead atoms. The molecule has 0 fully saturated rings. The van der Waals surface area contributed by atoms with Crippen LogP contribution in [0.4, 0.5) is 13.2 Å². The molecule has 1 aliphatic rings. The van der Waals surface area contributed by atoms with Gasteiger partial charge in [-0.1, -0.05) is 6.07 Å². The third kappa shape index (κ3) is 3.17. The van der Waals surface area contributed by atoms with Gasteiger partial charge in [-0.25, -0.2) is 4.98 Å². The highest BCUT2D eigenvalue weighted by Crippen LogP contribution is 2.29. The maximum Gasteiger partial charge on any atom is 0.449 e. The lowest BCUT2D eigenvalue weighted by molar-refractivity contribution is -0.145. The summed E-state index contributed by atoms with van der Waals surface area (Å²) in [6, 6.07) is 3.94. The fourth-order valence-corrected chi connectivity index (χ4v) is 3.81. The number of aromatic nitrogens is 4. The first kappa shape index (κ1) is 17.0. The molecule has 1 aliphatic heterocycles. The summed E-state index contributed by atoms with van der Waals surface area (Å²) in [6.07, 6.45) is -2.62. The van der Waals surface area contributed by atoms with E-state index in [-0.39, 0.29) is 12.2 Å². The number of halogens is 3. The van der Waals surface area contributed by atoms with Crippen LogP contribution in [0.3, 0.4) is 0 Å². The van der Waals surface area contributed by atoms with E-state index in [1.54, 1.807) is 17.5 Å². The monoisotopic (exact) mass is 381 g/mol. The third-order valence-electron chi connectivity index (χ3n) is 4.30. The second-order valence-electron chi connectivity index (χ2n) is 6.05. The molecular weight excluding hydrogens is 367 g/mol. The lowest BCUT2D eigenvalue weighted by Gasteiger charge is -2.27. The molecule has 10 heteroatoms. The van der Waals surface area contributed by atoms with Gasteiger partial charge in [-0.05, 0) is 11.4 Å². The highest BCUT2D eigenvalue weighted by molar-refractivity contribution is 7.13. The number of hydrogen-bond acceptors (Lipinski definition) is 5. The summed E-state index contributed by atoms with van der Waals surface area (Å²) in [4.78, 5) is 20.6. The summed E-state index contributed by atoms with van der Waals surface area (Å²) >= 11 is 1.59. The molecule has 0 saturated heterocycles. The van der Waals surface area contributed by atoms with Gasteiger partial charge in [0.15, 0.2) is 0 Å². The Hall–Kier alpha value is -2.46. The average Bonchev–Trinajstić information content (AvgIpc) is 3.25. The molecule has 4 heterocycles. The van der Waals surface area contributed by atoms with Crippen LogP contribution in [0.2, 0.25) is 0 Å². The first-order chi connectivity index (χ1) is 12.4. The highest BCUT2D eigenvalue weighted by Gasteiger charge is 2.36. The van der Waals surface area contributed by atoms with Crippen molar-refractivity contribution in [3.63, 3.8) is 0 Å². The van der Waals surface area contributed by atoms with Crippen LogP contribution in [0.1, 0.15) is 22.6 Å². The Balaban J connectivity index is 1.57. The smallest absolute Gasteiger partial charge is 0.303 e. The SMILES string of the molecule is O=c1[nH]c(C(F)(F)F)nc2c1CN(Cc1cn[nH]c1-c1cccs1)CC2. The summed E-state index contributed by atoms with van der Waals surface area (Å²) in [7, 11) is 0. The summed E-state index contributed by atoms with van der Waals surface area (Å²) < 4.78 is 38.4. The predicted molar refractivity (Wildman–Crippen MR) is 89.6 cm³/mol. The molecule has 4 rings (SSSR count). The average molecular weight is 381 g/mol. The molecule has 0 radical (unpaired) electrons. The van der Waals surface area contributed by atoms with E-state index >= 15 is 0 Å². The standard InChI is InChI=1S/C16H14F3N5OS/c17-16(18,19)15-21-11-3-4-24(8-10(11)14(25)22-15)7-9-6-20-23-13(9)12-2-1-5-26-12/h1-2,5-6H,3-4,7-8H2,(H,20,23)(H,21,22,25). The second-order valence-corrected chi connectivity index (χ2v) is 6.99. The highest BCUT2D eigenvalue weighted by atomic mass is 32.1. The first-order valence-corrected chi connectivity index (χ1v) is 8.77. The number of nitrogens with zero attached hydrogens (tertiary/aromatic N) is 3. The maximum atomic E-state index is 12.8. The molecule has 136 valence electrons. The summed E-state index contributed by atoms with van der Waals surface area (Å²) in [6.45, 7) is 1.32. The zero-order valence-electron chi connectivity index (χ0n) is 13.4. The summed E-state index contributed by atoms with van der Waals surface area (Å²) in [5.41, 5.74) is 1.70. The molecule has 3 aromatic rings. The van der Waals surface area contributed by atoms with Crippen molar-refractivity contribution in [1.82, 2.24) is 25.1 Å². The Labute approximate surface area is 149 Å². The fourth-order valence-electron chi connectivity index (χ4n) is 3.06. The van der Waals surface area contributed by atoms with Crippen molar-refractivity contribution in [2.45, 2.75) is 25.7 Å². The van der Waals surface area contributed by atoms with Gasteiger partial charge in [0.2, 0.25) is 5.82 Å². The van der Waals surface area contributed by atoms with E-state index < -0.39 is 17.6 Å². The zero-order valence-corrected chi connectivity index (χ0v) is 14.2. The van der Waals surface area contributed by atoms with Gasteiger partial charge in [0, 0.05) is 31.6 Å². The van der Waals surface area contributed by atoms with E-state index in [4.69, 9.17) is 0 Å². The normalized spacial score (nSPS) is 15.2. The van der Waals surface area contributed by atoms with Gasteiger partial charge in [0.25, 0.3) is 5.56 Å². The number of H-pyrrole nitrogens is 2. The zero-order chi connectivity index (χ0) is 18.3. The largest absolute Gasteiger partial charge is 0.449 e. The lowest BCUT2D eigenvalue weighted by atomic mass is 10.1. The van der Waals surface area contributed by atoms with Gasteiger partial charge in [0.05, 0.1) is 28.0 Å². The molecule has 0 atom stereocenters. The third-order valence-corrected chi connectivity index (χ3v) is 5.18. The van der Waals surface area contributed by atoms with Gasteiger partial charge in [0.1, 0.15) is 0 Å². The Bertz CT molecular complexity index is 977. The minimum atomic E-state index is -4.66. The predicted octanol–water partition coefficient (Wildman–Crippen LogP) is 2.80. The molecule has 3 aromatic heterocycles. The van der Waals surface area contributed by atoms with Crippen molar-refractivity contribution in [1.29, 1.82) is 0 Å². The molecule has 0 amide bonds. The van der Waals surface area contributed by atoms with Gasteiger partial charge < -0.3 is 4.98 Å². The maximum absolute atomic E-state index is 12.8. The van der Waals surface area contributed by atoms with Gasteiger partial charge in [-0.3, -0.25) is 14.8 Å². The molecule has 0 aliphatic carbocycles. The number of aromatic amines is 2. The van der Waals surface area contributed by atoms with E-state index in [9.17, 15) is 18.0 Å². The van der Waals surface area contributed by atoms with Crippen LogP contribution in [0.25, 0.3) is 10.6 Å². The lowest BCUT2D eigenvalue weighted by Crippen LogP contribution is -2.36.